The number of carboxylic acids is 1. The maximum absolute atomic E-state index is 12.2. The summed E-state index contributed by atoms with van der Waals surface area (Å²) in [7, 11) is -2.11. The molecule has 0 atom stereocenters. The minimum Gasteiger partial charge on any atom is -0.482 e. The molecule has 0 aliphatic rings. The summed E-state index contributed by atoms with van der Waals surface area (Å²) in [6.07, 6.45) is 0. The number of carboxylic acid groups (broad SMARTS) is 1. The molecule has 0 spiro atoms. The highest BCUT2D eigenvalue weighted by atomic mass is 32.2. The molecule has 0 heterocycles. The van der Waals surface area contributed by atoms with Crippen molar-refractivity contribution in [1.82, 2.24) is 4.31 Å². The van der Waals surface area contributed by atoms with E-state index in [1.165, 1.54) is 35.6 Å². The molecule has 0 fully saturated rings. The molecule has 0 amide bonds. The molecule has 0 aromatic heterocycles. The highest BCUT2D eigenvalue weighted by Crippen LogP contribution is 2.19. The summed E-state index contributed by atoms with van der Waals surface area (Å²) in [5.41, 5.74) is 0.734. The lowest BCUT2D eigenvalue weighted by molar-refractivity contribution is -0.139. The van der Waals surface area contributed by atoms with E-state index in [1.807, 2.05) is 0 Å². The normalized spacial score (nSPS) is 11.3. The molecule has 6 nitrogen and oxygen atoms in total. The van der Waals surface area contributed by atoms with E-state index in [9.17, 15) is 13.2 Å². The molecule has 0 saturated carbocycles. The first-order valence-electron chi connectivity index (χ1n) is 5.79. The van der Waals surface area contributed by atoms with Crippen LogP contribution in [0.5, 0.6) is 5.75 Å². The molecule has 0 aliphatic carbocycles. The Kier molecular flexibility index (Phi) is 5.29. The number of hydrogen-bond acceptors (Lipinski definition) is 4. The van der Waals surface area contributed by atoms with Crippen LogP contribution in [0.2, 0.25) is 0 Å². The van der Waals surface area contributed by atoms with Gasteiger partial charge in [-0.05, 0) is 31.2 Å². The van der Waals surface area contributed by atoms with Gasteiger partial charge in [0.2, 0.25) is 10.0 Å². The highest BCUT2D eigenvalue weighted by Gasteiger charge is 2.20. The van der Waals surface area contributed by atoms with Gasteiger partial charge < -0.3 is 9.84 Å². The van der Waals surface area contributed by atoms with Crippen LogP contribution in [0.3, 0.4) is 0 Å². The Morgan fingerprint density at radius 1 is 1.35 bits per heavy atom. The van der Waals surface area contributed by atoms with Gasteiger partial charge >= 0.3 is 5.97 Å². The van der Waals surface area contributed by atoms with Gasteiger partial charge in [0.25, 0.3) is 0 Å². The Bertz CT molecular complexity index is 592. The van der Waals surface area contributed by atoms with Crippen molar-refractivity contribution in [2.24, 2.45) is 0 Å². The molecule has 1 aromatic carbocycles. The third-order valence-electron chi connectivity index (χ3n) is 2.39. The molecule has 0 unspecified atom stereocenters. The van der Waals surface area contributed by atoms with Crippen LogP contribution in [0.4, 0.5) is 0 Å². The van der Waals surface area contributed by atoms with E-state index in [-0.39, 0.29) is 11.4 Å². The van der Waals surface area contributed by atoms with Gasteiger partial charge in [-0.2, -0.15) is 4.31 Å². The van der Waals surface area contributed by atoms with Crippen LogP contribution in [0.15, 0.2) is 41.3 Å². The fourth-order valence-corrected chi connectivity index (χ4v) is 2.73. The number of ether oxygens (including phenoxy) is 1. The van der Waals surface area contributed by atoms with E-state index in [1.54, 1.807) is 6.92 Å². The number of benzene rings is 1. The van der Waals surface area contributed by atoms with E-state index in [4.69, 9.17) is 9.84 Å². The summed E-state index contributed by atoms with van der Waals surface area (Å²) in [6.45, 7) is 5.19. The van der Waals surface area contributed by atoms with E-state index in [0.29, 0.717) is 5.75 Å². The summed E-state index contributed by atoms with van der Waals surface area (Å²) in [4.78, 5) is 10.5. The Morgan fingerprint density at radius 2 is 1.90 bits per heavy atom. The molecular weight excluding hydrogens is 282 g/mol. The third kappa shape index (κ3) is 4.36. The molecule has 110 valence electrons. The molecule has 1 N–H and O–H groups in total. The summed E-state index contributed by atoms with van der Waals surface area (Å²) >= 11 is 0. The zero-order chi connectivity index (χ0) is 15.3. The summed E-state index contributed by atoms with van der Waals surface area (Å²) in [5.74, 6) is -0.795. The second-order valence-electron chi connectivity index (χ2n) is 4.37. The number of aliphatic carboxylic acids is 1. The Hall–Kier alpha value is -1.86. The Labute approximate surface area is 118 Å². The number of rotatable bonds is 7. The van der Waals surface area contributed by atoms with Crippen molar-refractivity contribution in [2.45, 2.75) is 11.8 Å². The number of nitrogens with zero attached hydrogens (tertiary/aromatic N) is 1. The number of sulfonamides is 1. The van der Waals surface area contributed by atoms with Crippen molar-refractivity contribution in [3.8, 4) is 5.75 Å². The van der Waals surface area contributed by atoms with E-state index in [0.717, 1.165) is 5.57 Å². The second kappa shape index (κ2) is 6.53. The van der Waals surface area contributed by atoms with Crippen LogP contribution in [0, 0.1) is 0 Å². The van der Waals surface area contributed by atoms with Crippen molar-refractivity contribution >= 4 is 16.0 Å². The second-order valence-corrected chi connectivity index (χ2v) is 6.42. The van der Waals surface area contributed by atoms with Crippen LogP contribution >= 0.6 is 0 Å². The minimum absolute atomic E-state index is 0.115. The number of carbonyl (C=O) groups is 1. The lowest BCUT2D eigenvalue weighted by Crippen LogP contribution is -2.28. The van der Waals surface area contributed by atoms with E-state index >= 15 is 0 Å². The average Bonchev–Trinajstić information content (AvgIpc) is 2.36. The largest absolute Gasteiger partial charge is 0.482 e. The summed E-state index contributed by atoms with van der Waals surface area (Å²) in [6, 6.07) is 5.59. The quantitative estimate of drug-likeness (QED) is 0.768. The molecule has 0 aliphatic heterocycles. The van der Waals surface area contributed by atoms with Gasteiger partial charge in [-0.3, -0.25) is 0 Å². The molecule has 0 saturated heterocycles. The number of likely N-dealkylation sites (N-methyl/N-ethyl adjacent to an activating group) is 1. The van der Waals surface area contributed by atoms with Crippen molar-refractivity contribution in [2.75, 3.05) is 20.2 Å². The van der Waals surface area contributed by atoms with Gasteiger partial charge in [-0.15, -0.1) is 0 Å². The molecule has 0 bridgehead atoms. The molecule has 20 heavy (non-hydrogen) atoms. The first-order chi connectivity index (χ1) is 9.23. The smallest absolute Gasteiger partial charge is 0.341 e. The predicted molar refractivity (Wildman–Crippen MR) is 74.2 cm³/mol. The fraction of sp³-hybridized carbons (Fsp3) is 0.308. The van der Waals surface area contributed by atoms with Crippen LogP contribution in [0.25, 0.3) is 0 Å². The molecule has 7 heteroatoms. The van der Waals surface area contributed by atoms with Gasteiger partial charge in [0.15, 0.2) is 6.61 Å². The standard InChI is InChI=1S/C13H17NO5S/c1-10(2)8-14(3)20(17,18)12-6-4-11(5-7-12)19-9-13(15)16/h4-7H,1,8-9H2,2-3H3,(H,15,16). The van der Waals surface area contributed by atoms with Crippen molar-refractivity contribution in [1.29, 1.82) is 0 Å². The highest BCUT2D eigenvalue weighted by molar-refractivity contribution is 7.89. The van der Waals surface area contributed by atoms with Gasteiger partial charge in [0.1, 0.15) is 5.75 Å². The van der Waals surface area contributed by atoms with Gasteiger partial charge in [0, 0.05) is 13.6 Å². The SMILES string of the molecule is C=C(C)CN(C)S(=O)(=O)c1ccc(OCC(=O)O)cc1. The number of hydrogen-bond donors (Lipinski definition) is 1. The Morgan fingerprint density at radius 3 is 2.35 bits per heavy atom. The molecule has 1 rings (SSSR count). The lowest BCUT2D eigenvalue weighted by Gasteiger charge is -2.17. The van der Waals surface area contributed by atoms with Crippen LogP contribution < -0.4 is 4.74 Å². The summed E-state index contributed by atoms with van der Waals surface area (Å²) < 4.78 is 30.5. The van der Waals surface area contributed by atoms with E-state index in [2.05, 4.69) is 6.58 Å². The van der Waals surface area contributed by atoms with E-state index < -0.39 is 22.6 Å². The zero-order valence-electron chi connectivity index (χ0n) is 11.4. The first-order valence-corrected chi connectivity index (χ1v) is 7.23. The lowest BCUT2D eigenvalue weighted by atomic mass is 10.3. The average molecular weight is 299 g/mol. The van der Waals surface area contributed by atoms with Crippen LogP contribution in [0.1, 0.15) is 6.92 Å². The van der Waals surface area contributed by atoms with Crippen molar-refractivity contribution in [3.63, 3.8) is 0 Å². The van der Waals surface area contributed by atoms with Gasteiger partial charge in [-0.1, -0.05) is 12.2 Å². The molecular formula is C13H17NO5S. The predicted octanol–water partition coefficient (Wildman–Crippen LogP) is 1.35. The monoisotopic (exact) mass is 299 g/mol. The fourth-order valence-electron chi connectivity index (χ4n) is 1.50. The maximum atomic E-state index is 12.2. The molecule has 1 aromatic rings. The van der Waals surface area contributed by atoms with Gasteiger partial charge in [0.05, 0.1) is 4.90 Å². The Balaban J connectivity index is 2.86. The third-order valence-corrected chi connectivity index (χ3v) is 4.20. The van der Waals surface area contributed by atoms with Gasteiger partial charge in [-0.25, -0.2) is 13.2 Å². The van der Waals surface area contributed by atoms with Crippen molar-refractivity contribution < 1.29 is 23.1 Å². The van der Waals surface area contributed by atoms with Crippen LogP contribution in [-0.4, -0.2) is 44.0 Å². The zero-order valence-corrected chi connectivity index (χ0v) is 12.2. The van der Waals surface area contributed by atoms with Crippen molar-refractivity contribution in [3.05, 3.63) is 36.4 Å². The minimum atomic E-state index is -3.58. The van der Waals surface area contributed by atoms with Crippen LogP contribution in [-0.2, 0) is 14.8 Å². The molecule has 0 radical (unpaired) electrons. The summed E-state index contributed by atoms with van der Waals surface area (Å²) in [5, 5.41) is 8.48. The maximum Gasteiger partial charge on any atom is 0.341 e. The topological polar surface area (TPSA) is 83.9 Å². The first kappa shape index (κ1) is 16.2.